The molecule has 2 aromatic carbocycles. The SMILES string of the molecule is O=C(CC(c1ccccc1)c1ccccc1F)NCCc1cn[nH]c1. The van der Waals surface area contributed by atoms with Gasteiger partial charge in [0.2, 0.25) is 5.91 Å². The second-order valence-electron chi connectivity index (χ2n) is 5.90. The highest BCUT2D eigenvalue weighted by molar-refractivity contribution is 5.77. The standard InChI is InChI=1S/C20H20FN3O/c21-19-9-5-4-8-17(19)18(16-6-2-1-3-7-16)12-20(25)22-11-10-15-13-23-24-14-15/h1-9,13-14,18H,10-12H2,(H,22,25)(H,23,24). The first-order valence-corrected chi connectivity index (χ1v) is 8.28. The van der Waals surface area contributed by atoms with E-state index in [9.17, 15) is 9.18 Å². The lowest BCUT2D eigenvalue weighted by Gasteiger charge is -2.18. The maximum atomic E-state index is 14.3. The van der Waals surface area contributed by atoms with Crippen molar-refractivity contribution in [2.45, 2.75) is 18.8 Å². The molecule has 1 atom stereocenters. The summed E-state index contributed by atoms with van der Waals surface area (Å²) in [7, 11) is 0. The Hall–Kier alpha value is -2.95. The van der Waals surface area contributed by atoms with Gasteiger partial charge in [-0.25, -0.2) is 4.39 Å². The zero-order valence-corrected chi connectivity index (χ0v) is 13.8. The number of carbonyl (C=O) groups is 1. The molecular formula is C20H20FN3O. The zero-order chi connectivity index (χ0) is 17.5. The lowest BCUT2D eigenvalue weighted by atomic mass is 9.88. The highest BCUT2D eigenvalue weighted by atomic mass is 19.1. The predicted molar refractivity (Wildman–Crippen MR) is 94.6 cm³/mol. The van der Waals surface area contributed by atoms with E-state index in [2.05, 4.69) is 15.5 Å². The fourth-order valence-electron chi connectivity index (χ4n) is 2.87. The van der Waals surface area contributed by atoms with Crippen LogP contribution >= 0.6 is 0 Å². The number of H-pyrrole nitrogens is 1. The molecule has 1 aromatic heterocycles. The van der Waals surface area contributed by atoms with Crippen molar-refractivity contribution in [1.29, 1.82) is 0 Å². The van der Waals surface area contributed by atoms with Gasteiger partial charge in [-0.1, -0.05) is 48.5 Å². The van der Waals surface area contributed by atoms with Gasteiger partial charge in [0.15, 0.2) is 0 Å². The van der Waals surface area contributed by atoms with Crippen LogP contribution in [-0.2, 0) is 11.2 Å². The lowest BCUT2D eigenvalue weighted by molar-refractivity contribution is -0.121. The van der Waals surface area contributed by atoms with Crippen molar-refractivity contribution in [1.82, 2.24) is 15.5 Å². The number of aromatic amines is 1. The third-order valence-electron chi connectivity index (χ3n) is 4.16. The van der Waals surface area contributed by atoms with Crippen LogP contribution in [0.3, 0.4) is 0 Å². The van der Waals surface area contributed by atoms with E-state index in [0.717, 1.165) is 11.1 Å². The third kappa shape index (κ3) is 4.53. The predicted octanol–water partition coefficient (Wildman–Crippen LogP) is 3.43. The second kappa shape index (κ2) is 8.24. The van der Waals surface area contributed by atoms with E-state index in [0.29, 0.717) is 18.5 Å². The molecule has 0 bridgehead atoms. The first kappa shape index (κ1) is 16.9. The molecule has 5 heteroatoms. The summed E-state index contributed by atoms with van der Waals surface area (Å²) >= 11 is 0. The minimum absolute atomic E-state index is 0.0967. The van der Waals surface area contributed by atoms with Gasteiger partial charge in [0.25, 0.3) is 0 Å². The van der Waals surface area contributed by atoms with Gasteiger partial charge in [-0.2, -0.15) is 5.10 Å². The van der Waals surface area contributed by atoms with Crippen LogP contribution in [0.15, 0.2) is 67.0 Å². The number of amides is 1. The van der Waals surface area contributed by atoms with Crippen LogP contribution < -0.4 is 5.32 Å². The Morgan fingerprint density at radius 1 is 1.12 bits per heavy atom. The maximum Gasteiger partial charge on any atom is 0.220 e. The molecule has 0 aliphatic rings. The molecule has 4 nitrogen and oxygen atoms in total. The van der Waals surface area contributed by atoms with E-state index in [1.54, 1.807) is 30.6 Å². The van der Waals surface area contributed by atoms with Crippen molar-refractivity contribution in [3.05, 3.63) is 89.5 Å². The average Bonchev–Trinajstić information content (AvgIpc) is 3.15. The highest BCUT2D eigenvalue weighted by Crippen LogP contribution is 2.29. The van der Waals surface area contributed by atoms with Gasteiger partial charge in [-0.05, 0) is 29.2 Å². The summed E-state index contributed by atoms with van der Waals surface area (Å²) < 4.78 is 14.3. The molecule has 3 aromatic rings. The number of benzene rings is 2. The highest BCUT2D eigenvalue weighted by Gasteiger charge is 2.20. The lowest BCUT2D eigenvalue weighted by Crippen LogP contribution is -2.27. The van der Waals surface area contributed by atoms with Crippen molar-refractivity contribution in [2.75, 3.05) is 6.54 Å². The third-order valence-corrected chi connectivity index (χ3v) is 4.16. The molecule has 25 heavy (non-hydrogen) atoms. The van der Waals surface area contributed by atoms with Crippen molar-refractivity contribution in [3.8, 4) is 0 Å². The summed E-state index contributed by atoms with van der Waals surface area (Å²) in [5.41, 5.74) is 2.50. The van der Waals surface area contributed by atoms with Crippen LogP contribution in [0.2, 0.25) is 0 Å². The number of nitrogens with one attached hydrogen (secondary N) is 2. The Labute approximate surface area is 146 Å². The molecule has 3 rings (SSSR count). The summed E-state index contributed by atoms with van der Waals surface area (Å²) in [6.07, 6.45) is 4.45. The Morgan fingerprint density at radius 2 is 1.88 bits per heavy atom. The average molecular weight is 337 g/mol. The summed E-state index contributed by atoms with van der Waals surface area (Å²) in [6, 6.07) is 16.2. The minimum Gasteiger partial charge on any atom is -0.356 e. The van der Waals surface area contributed by atoms with E-state index >= 15 is 0 Å². The van der Waals surface area contributed by atoms with Crippen LogP contribution in [0, 0.1) is 5.82 Å². The molecule has 1 amide bonds. The van der Waals surface area contributed by atoms with E-state index in [1.807, 2.05) is 30.3 Å². The smallest absolute Gasteiger partial charge is 0.220 e. The molecule has 0 spiro atoms. The van der Waals surface area contributed by atoms with Crippen LogP contribution in [0.1, 0.15) is 29.0 Å². The summed E-state index contributed by atoms with van der Waals surface area (Å²) in [5, 5.41) is 9.53. The molecule has 0 saturated heterocycles. The largest absolute Gasteiger partial charge is 0.356 e. The number of rotatable bonds is 7. The van der Waals surface area contributed by atoms with Crippen molar-refractivity contribution >= 4 is 5.91 Å². The quantitative estimate of drug-likeness (QED) is 0.694. The van der Waals surface area contributed by atoms with Gasteiger partial charge in [-0.3, -0.25) is 9.89 Å². The zero-order valence-electron chi connectivity index (χ0n) is 13.8. The van der Waals surface area contributed by atoms with Crippen molar-refractivity contribution in [3.63, 3.8) is 0 Å². The number of aromatic nitrogens is 2. The molecule has 0 fully saturated rings. The Balaban J connectivity index is 1.69. The van der Waals surface area contributed by atoms with Gasteiger partial charge < -0.3 is 5.32 Å². The van der Waals surface area contributed by atoms with Crippen LogP contribution in [0.5, 0.6) is 0 Å². The number of carbonyl (C=O) groups excluding carboxylic acids is 1. The number of nitrogens with zero attached hydrogens (tertiary/aromatic N) is 1. The van der Waals surface area contributed by atoms with E-state index in [1.165, 1.54) is 6.07 Å². The normalized spacial score (nSPS) is 11.9. The van der Waals surface area contributed by atoms with Gasteiger partial charge in [-0.15, -0.1) is 0 Å². The molecule has 2 N–H and O–H groups in total. The topological polar surface area (TPSA) is 57.8 Å². The Bertz CT molecular complexity index is 803. The second-order valence-corrected chi connectivity index (χ2v) is 5.90. The Morgan fingerprint density at radius 3 is 2.60 bits per heavy atom. The number of hydrogen-bond acceptors (Lipinski definition) is 2. The molecular weight excluding hydrogens is 317 g/mol. The summed E-state index contributed by atoms with van der Waals surface area (Å²) in [5.74, 6) is -0.695. The monoisotopic (exact) mass is 337 g/mol. The van der Waals surface area contributed by atoms with E-state index in [4.69, 9.17) is 0 Å². The molecule has 0 saturated carbocycles. The fourth-order valence-corrected chi connectivity index (χ4v) is 2.87. The number of hydrogen-bond donors (Lipinski definition) is 2. The molecule has 0 aliphatic carbocycles. The molecule has 128 valence electrons. The van der Waals surface area contributed by atoms with E-state index in [-0.39, 0.29) is 24.1 Å². The summed E-state index contributed by atoms with van der Waals surface area (Å²) in [6.45, 7) is 0.525. The fraction of sp³-hybridized carbons (Fsp3) is 0.200. The number of halogens is 1. The Kier molecular flexibility index (Phi) is 5.57. The van der Waals surface area contributed by atoms with Gasteiger partial charge in [0, 0.05) is 25.1 Å². The molecule has 0 radical (unpaired) electrons. The van der Waals surface area contributed by atoms with Gasteiger partial charge in [0.05, 0.1) is 6.20 Å². The minimum atomic E-state index is -0.309. The molecule has 0 aliphatic heterocycles. The first-order valence-electron chi connectivity index (χ1n) is 8.28. The molecule has 1 heterocycles. The van der Waals surface area contributed by atoms with Crippen LogP contribution in [0.25, 0.3) is 0 Å². The summed E-state index contributed by atoms with van der Waals surface area (Å²) in [4.78, 5) is 12.4. The van der Waals surface area contributed by atoms with Crippen molar-refractivity contribution in [2.24, 2.45) is 0 Å². The van der Waals surface area contributed by atoms with Gasteiger partial charge in [0.1, 0.15) is 5.82 Å². The van der Waals surface area contributed by atoms with E-state index < -0.39 is 0 Å². The van der Waals surface area contributed by atoms with Crippen LogP contribution in [-0.4, -0.2) is 22.6 Å². The first-order chi connectivity index (χ1) is 12.2. The molecule has 1 unspecified atom stereocenters. The van der Waals surface area contributed by atoms with Crippen molar-refractivity contribution < 1.29 is 9.18 Å². The van der Waals surface area contributed by atoms with Crippen LogP contribution in [0.4, 0.5) is 4.39 Å². The maximum absolute atomic E-state index is 14.3. The van der Waals surface area contributed by atoms with Gasteiger partial charge >= 0.3 is 0 Å².